The largest absolute Gasteiger partial charge is 0.492 e. The van der Waals surface area contributed by atoms with E-state index in [2.05, 4.69) is 10.6 Å². The number of nitrogens with one attached hydrogen (secondary N) is 2. The third kappa shape index (κ3) is 4.49. The van der Waals surface area contributed by atoms with Crippen molar-refractivity contribution in [2.45, 2.75) is 13.0 Å². The van der Waals surface area contributed by atoms with Crippen LogP contribution < -0.4 is 24.8 Å². The van der Waals surface area contributed by atoms with Crippen LogP contribution in [0.15, 0.2) is 72.8 Å². The summed E-state index contributed by atoms with van der Waals surface area (Å²) in [6, 6.07) is 22.0. The molecule has 3 aromatic carbocycles. The highest BCUT2D eigenvalue weighted by Crippen LogP contribution is 2.34. The number of para-hydroxylation sites is 2. The standard InChI is InChI=1S/C24H24N2O4/c1-2-28-20-11-7-6-10-19(20)26-24(27)23(17-8-4-3-5-9-17)25-18-12-13-21-22(16-18)30-15-14-29-21/h3-13,16,23,25H,2,14-15H2,1H3,(H,26,27). The average molecular weight is 404 g/mol. The van der Waals surface area contributed by atoms with Gasteiger partial charge in [0.25, 0.3) is 5.91 Å². The molecule has 0 radical (unpaired) electrons. The normalized spacial score (nSPS) is 13.2. The van der Waals surface area contributed by atoms with E-state index in [1.165, 1.54) is 0 Å². The summed E-state index contributed by atoms with van der Waals surface area (Å²) in [5.74, 6) is 1.82. The zero-order valence-electron chi connectivity index (χ0n) is 16.8. The first-order valence-corrected chi connectivity index (χ1v) is 9.98. The summed E-state index contributed by atoms with van der Waals surface area (Å²) in [5, 5.41) is 6.32. The second-order valence-corrected chi connectivity index (χ2v) is 6.76. The molecule has 1 unspecified atom stereocenters. The lowest BCUT2D eigenvalue weighted by molar-refractivity contribution is -0.117. The Bertz CT molecular complexity index is 1010. The molecular weight excluding hydrogens is 380 g/mol. The van der Waals surface area contributed by atoms with Crippen LogP contribution in [-0.2, 0) is 4.79 Å². The number of anilines is 2. The number of amides is 1. The highest BCUT2D eigenvalue weighted by atomic mass is 16.6. The van der Waals surface area contributed by atoms with E-state index in [9.17, 15) is 4.79 Å². The van der Waals surface area contributed by atoms with Crippen molar-refractivity contribution in [3.8, 4) is 17.2 Å². The maximum Gasteiger partial charge on any atom is 0.251 e. The van der Waals surface area contributed by atoms with E-state index >= 15 is 0 Å². The summed E-state index contributed by atoms with van der Waals surface area (Å²) in [5.41, 5.74) is 2.24. The van der Waals surface area contributed by atoms with Gasteiger partial charge in [0, 0.05) is 11.8 Å². The van der Waals surface area contributed by atoms with Crippen molar-refractivity contribution in [3.05, 3.63) is 78.4 Å². The van der Waals surface area contributed by atoms with Crippen molar-refractivity contribution in [1.29, 1.82) is 0 Å². The van der Waals surface area contributed by atoms with E-state index in [4.69, 9.17) is 14.2 Å². The molecule has 2 N–H and O–H groups in total. The maximum atomic E-state index is 13.3. The fraction of sp³-hybridized carbons (Fsp3) is 0.208. The van der Waals surface area contributed by atoms with Crippen LogP contribution in [0.25, 0.3) is 0 Å². The van der Waals surface area contributed by atoms with E-state index in [0.717, 1.165) is 11.3 Å². The molecule has 30 heavy (non-hydrogen) atoms. The van der Waals surface area contributed by atoms with Gasteiger partial charge < -0.3 is 24.8 Å². The zero-order chi connectivity index (χ0) is 20.8. The molecule has 0 fully saturated rings. The molecule has 0 bridgehead atoms. The minimum Gasteiger partial charge on any atom is -0.492 e. The molecule has 1 amide bonds. The maximum absolute atomic E-state index is 13.3. The summed E-state index contributed by atoms with van der Waals surface area (Å²) in [4.78, 5) is 13.3. The summed E-state index contributed by atoms with van der Waals surface area (Å²) < 4.78 is 16.9. The fourth-order valence-corrected chi connectivity index (χ4v) is 3.30. The number of fused-ring (bicyclic) bond motifs is 1. The van der Waals surface area contributed by atoms with Crippen molar-refractivity contribution in [1.82, 2.24) is 0 Å². The van der Waals surface area contributed by atoms with Gasteiger partial charge in [-0.15, -0.1) is 0 Å². The van der Waals surface area contributed by atoms with Crippen LogP contribution in [0.5, 0.6) is 17.2 Å². The molecule has 0 spiro atoms. The summed E-state index contributed by atoms with van der Waals surface area (Å²) in [6.07, 6.45) is 0. The summed E-state index contributed by atoms with van der Waals surface area (Å²) in [7, 11) is 0. The lowest BCUT2D eigenvalue weighted by Crippen LogP contribution is -2.27. The van der Waals surface area contributed by atoms with E-state index in [1.54, 1.807) is 0 Å². The second kappa shape index (κ2) is 9.22. The number of carbonyl (C=O) groups excluding carboxylic acids is 1. The number of rotatable bonds is 7. The van der Waals surface area contributed by atoms with Crippen LogP contribution in [0.3, 0.4) is 0 Å². The van der Waals surface area contributed by atoms with Gasteiger partial charge in [0.2, 0.25) is 0 Å². The number of ether oxygens (including phenoxy) is 3. The van der Waals surface area contributed by atoms with Crippen molar-refractivity contribution in [2.75, 3.05) is 30.5 Å². The highest BCUT2D eigenvalue weighted by Gasteiger charge is 2.23. The SMILES string of the molecule is CCOc1ccccc1NC(=O)C(Nc1ccc2c(c1)OCCO2)c1ccccc1. The Kier molecular flexibility index (Phi) is 6.03. The zero-order valence-corrected chi connectivity index (χ0v) is 16.8. The van der Waals surface area contributed by atoms with E-state index in [1.807, 2.05) is 79.7 Å². The van der Waals surface area contributed by atoms with E-state index in [0.29, 0.717) is 42.8 Å². The Morgan fingerprint density at radius 3 is 2.50 bits per heavy atom. The van der Waals surface area contributed by atoms with Gasteiger partial charge in [0.05, 0.1) is 12.3 Å². The smallest absolute Gasteiger partial charge is 0.251 e. The first kappa shape index (κ1) is 19.6. The molecule has 154 valence electrons. The summed E-state index contributed by atoms with van der Waals surface area (Å²) >= 11 is 0. The van der Waals surface area contributed by atoms with Gasteiger partial charge >= 0.3 is 0 Å². The van der Waals surface area contributed by atoms with Gasteiger partial charge in [-0.2, -0.15) is 0 Å². The fourth-order valence-electron chi connectivity index (χ4n) is 3.30. The highest BCUT2D eigenvalue weighted by molar-refractivity contribution is 5.98. The molecule has 3 aromatic rings. The molecular formula is C24H24N2O4. The minimum atomic E-state index is -0.608. The third-order valence-electron chi connectivity index (χ3n) is 4.69. The Labute approximate surface area is 175 Å². The quantitative estimate of drug-likeness (QED) is 0.600. The Morgan fingerprint density at radius 2 is 1.70 bits per heavy atom. The monoisotopic (exact) mass is 404 g/mol. The van der Waals surface area contributed by atoms with Gasteiger partial charge in [-0.3, -0.25) is 4.79 Å². The van der Waals surface area contributed by atoms with Crippen LogP contribution >= 0.6 is 0 Å². The van der Waals surface area contributed by atoms with E-state index < -0.39 is 6.04 Å². The minimum absolute atomic E-state index is 0.191. The number of hydrogen-bond donors (Lipinski definition) is 2. The molecule has 0 saturated carbocycles. The lowest BCUT2D eigenvalue weighted by atomic mass is 10.1. The first-order valence-electron chi connectivity index (χ1n) is 9.98. The van der Waals surface area contributed by atoms with Gasteiger partial charge in [-0.05, 0) is 36.8 Å². The van der Waals surface area contributed by atoms with Gasteiger partial charge in [-0.25, -0.2) is 0 Å². The van der Waals surface area contributed by atoms with Crippen molar-refractivity contribution in [2.24, 2.45) is 0 Å². The van der Waals surface area contributed by atoms with Gasteiger partial charge in [0.15, 0.2) is 11.5 Å². The predicted molar refractivity (Wildman–Crippen MR) is 116 cm³/mol. The Balaban J connectivity index is 1.60. The van der Waals surface area contributed by atoms with Crippen LogP contribution in [-0.4, -0.2) is 25.7 Å². The summed E-state index contributed by atoms with van der Waals surface area (Å²) in [6.45, 7) is 3.47. The van der Waals surface area contributed by atoms with Crippen LogP contribution in [0.1, 0.15) is 18.5 Å². The number of benzene rings is 3. The van der Waals surface area contributed by atoms with Crippen LogP contribution in [0, 0.1) is 0 Å². The number of carbonyl (C=O) groups is 1. The van der Waals surface area contributed by atoms with Crippen LogP contribution in [0.2, 0.25) is 0 Å². The van der Waals surface area contributed by atoms with Crippen LogP contribution in [0.4, 0.5) is 11.4 Å². The molecule has 0 aromatic heterocycles. The second-order valence-electron chi connectivity index (χ2n) is 6.76. The van der Waals surface area contributed by atoms with Crippen molar-refractivity contribution < 1.29 is 19.0 Å². The molecule has 6 nitrogen and oxygen atoms in total. The molecule has 4 rings (SSSR count). The third-order valence-corrected chi connectivity index (χ3v) is 4.69. The van der Waals surface area contributed by atoms with E-state index in [-0.39, 0.29) is 5.91 Å². The van der Waals surface area contributed by atoms with Crippen molar-refractivity contribution in [3.63, 3.8) is 0 Å². The van der Waals surface area contributed by atoms with Gasteiger partial charge in [-0.1, -0.05) is 42.5 Å². The number of hydrogen-bond acceptors (Lipinski definition) is 5. The molecule has 1 atom stereocenters. The Hall–Kier alpha value is -3.67. The molecule has 1 aliphatic rings. The molecule has 1 heterocycles. The predicted octanol–water partition coefficient (Wildman–Crippen LogP) is 4.65. The molecule has 0 saturated heterocycles. The lowest BCUT2D eigenvalue weighted by Gasteiger charge is -2.23. The topological polar surface area (TPSA) is 68.8 Å². The first-order chi connectivity index (χ1) is 14.7. The molecule has 6 heteroatoms. The molecule has 1 aliphatic heterocycles. The Morgan fingerprint density at radius 1 is 0.967 bits per heavy atom. The molecule has 0 aliphatic carbocycles. The average Bonchev–Trinajstić information content (AvgIpc) is 2.79. The van der Waals surface area contributed by atoms with Gasteiger partial charge in [0.1, 0.15) is 25.0 Å². The van der Waals surface area contributed by atoms with Crippen molar-refractivity contribution >= 4 is 17.3 Å².